The maximum absolute atomic E-state index is 14.2. The van der Waals surface area contributed by atoms with Crippen LogP contribution in [0.15, 0.2) is 42.5 Å². The van der Waals surface area contributed by atoms with Crippen LogP contribution < -0.4 is 16.0 Å². The minimum Gasteiger partial charge on any atom is -0.379 e. The van der Waals surface area contributed by atoms with Crippen molar-refractivity contribution < 1.29 is 8.78 Å². The van der Waals surface area contributed by atoms with Crippen molar-refractivity contribution in [3.05, 3.63) is 71.1 Å². The van der Waals surface area contributed by atoms with Gasteiger partial charge in [-0.1, -0.05) is 18.2 Å². The third-order valence-corrected chi connectivity index (χ3v) is 5.50. The Bertz CT molecular complexity index is 1070. The molecule has 0 bridgehead atoms. The first-order chi connectivity index (χ1) is 14.4. The summed E-state index contributed by atoms with van der Waals surface area (Å²) in [6, 6.07) is 11.7. The van der Waals surface area contributed by atoms with Gasteiger partial charge in [0.25, 0.3) is 0 Å². The summed E-state index contributed by atoms with van der Waals surface area (Å²) in [7, 11) is 0. The molecule has 30 heavy (non-hydrogen) atoms. The highest BCUT2D eigenvalue weighted by Crippen LogP contribution is 2.41. The lowest BCUT2D eigenvalue weighted by atomic mass is 9.89. The van der Waals surface area contributed by atoms with Crippen LogP contribution in [0.5, 0.6) is 0 Å². The largest absolute Gasteiger partial charge is 0.379 e. The molecular formula is C23H25F2N5. The van der Waals surface area contributed by atoms with Gasteiger partial charge in [-0.3, -0.25) is 0 Å². The number of nitrogens with zero attached hydrogens (tertiary/aromatic N) is 2. The van der Waals surface area contributed by atoms with Crippen LogP contribution in [0.1, 0.15) is 36.2 Å². The maximum Gasteiger partial charge on any atom is 0.146 e. The van der Waals surface area contributed by atoms with Crippen molar-refractivity contribution in [1.82, 2.24) is 9.97 Å². The number of rotatable bonds is 6. The zero-order chi connectivity index (χ0) is 21.3. The monoisotopic (exact) mass is 409 g/mol. The lowest BCUT2D eigenvalue weighted by molar-refractivity contribution is 0.596. The van der Waals surface area contributed by atoms with E-state index in [2.05, 4.69) is 32.8 Å². The molecule has 156 valence electrons. The van der Waals surface area contributed by atoms with Gasteiger partial charge >= 0.3 is 0 Å². The highest BCUT2D eigenvalue weighted by atomic mass is 19.1. The van der Waals surface area contributed by atoms with Gasteiger partial charge in [0.2, 0.25) is 0 Å². The van der Waals surface area contributed by atoms with Crippen molar-refractivity contribution >= 4 is 23.0 Å². The Hall–Kier alpha value is -3.22. The van der Waals surface area contributed by atoms with E-state index < -0.39 is 0 Å². The molecule has 5 nitrogen and oxygen atoms in total. The minimum absolute atomic E-state index is 0.155. The molecular weight excluding hydrogens is 384 g/mol. The van der Waals surface area contributed by atoms with E-state index in [0.29, 0.717) is 35.4 Å². The second-order valence-electron chi connectivity index (χ2n) is 7.70. The van der Waals surface area contributed by atoms with E-state index in [9.17, 15) is 8.78 Å². The van der Waals surface area contributed by atoms with Crippen molar-refractivity contribution in [3.8, 4) is 0 Å². The molecule has 2 aromatic carbocycles. The summed E-state index contributed by atoms with van der Waals surface area (Å²) in [5.74, 6) is 1.44. The Kier molecular flexibility index (Phi) is 5.53. The van der Waals surface area contributed by atoms with Gasteiger partial charge in [0.1, 0.15) is 29.1 Å². The van der Waals surface area contributed by atoms with Crippen LogP contribution in [-0.4, -0.2) is 22.6 Å². The number of para-hydroxylation sites is 1. The van der Waals surface area contributed by atoms with Gasteiger partial charge in [0.05, 0.1) is 11.4 Å². The van der Waals surface area contributed by atoms with Crippen molar-refractivity contribution in [3.63, 3.8) is 0 Å². The van der Waals surface area contributed by atoms with Crippen LogP contribution in [0.3, 0.4) is 0 Å². The van der Waals surface area contributed by atoms with Gasteiger partial charge in [0, 0.05) is 24.6 Å². The van der Waals surface area contributed by atoms with Crippen LogP contribution in [0.25, 0.3) is 0 Å². The number of halogens is 2. The number of fused-ring (bicyclic) bond motifs is 1. The molecule has 2 heterocycles. The topological polar surface area (TPSA) is 61.9 Å². The first kappa shape index (κ1) is 20.1. The molecule has 0 spiro atoms. The van der Waals surface area contributed by atoms with E-state index in [4.69, 9.17) is 0 Å². The Labute approximate surface area is 175 Å². The van der Waals surface area contributed by atoms with Crippen molar-refractivity contribution in [2.75, 3.05) is 22.5 Å². The quantitative estimate of drug-likeness (QED) is 0.501. The third kappa shape index (κ3) is 4.06. The maximum atomic E-state index is 14.2. The van der Waals surface area contributed by atoms with Gasteiger partial charge in [0.15, 0.2) is 0 Å². The summed E-state index contributed by atoms with van der Waals surface area (Å²) < 4.78 is 28.1. The standard InChI is InChI=1S/C23H25F2N5/c1-13-8-9-18(25)23-22(13)16(14(2)27-23)10-11-26-20-12-21(29-15(3)28-20)30-19-7-5-4-6-17(19)24/h4-9,12,14,16,27H,10-11H2,1-3H3,(H2,26,28,29,30). The zero-order valence-corrected chi connectivity index (χ0v) is 17.3. The van der Waals surface area contributed by atoms with E-state index in [1.807, 2.05) is 13.0 Å². The Morgan fingerprint density at radius 1 is 1.00 bits per heavy atom. The normalized spacial score (nSPS) is 17.4. The van der Waals surface area contributed by atoms with Crippen molar-refractivity contribution in [2.24, 2.45) is 0 Å². The van der Waals surface area contributed by atoms with Crippen LogP contribution >= 0.6 is 0 Å². The highest BCUT2D eigenvalue weighted by Gasteiger charge is 2.32. The summed E-state index contributed by atoms with van der Waals surface area (Å²) in [6.07, 6.45) is 0.824. The molecule has 3 aromatic rings. The molecule has 0 saturated heterocycles. The summed E-state index contributed by atoms with van der Waals surface area (Å²) in [5, 5.41) is 9.62. The fourth-order valence-electron chi connectivity index (χ4n) is 4.07. The first-order valence-electron chi connectivity index (χ1n) is 10.1. The first-order valence-corrected chi connectivity index (χ1v) is 10.1. The molecule has 7 heteroatoms. The second-order valence-corrected chi connectivity index (χ2v) is 7.70. The summed E-state index contributed by atoms with van der Waals surface area (Å²) in [5.41, 5.74) is 3.15. The van der Waals surface area contributed by atoms with E-state index >= 15 is 0 Å². The molecule has 0 radical (unpaired) electrons. The van der Waals surface area contributed by atoms with E-state index in [-0.39, 0.29) is 23.6 Å². The Morgan fingerprint density at radius 3 is 2.57 bits per heavy atom. The van der Waals surface area contributed by atoms with Gasteiger partial charge in [-0.15, -0.1) is 0 Å². The number of hydrogen-bond donors (Lipinski definition) is 3. The molecule has 1 aromatic heterocycles. The van der Waals surface area contributed by atoms with Gasteiger partial charge in [-0.05, 0) is 56.5 Å². The lowest BCUT2D eigenvalue weighted by Crippen LogP contribution is -2.19. The fourth-order valence-corrected chi connectivity index (χ4v) is 4.07. The Morgan fingerprint density at radius 2 is 1.77 bits per heavy atom. The molecule has 0 amide bonds. The number of aryl methyl sites for hydroxylation is 2. The van der Waals surface area contributed by atoms with E-state index in [0.717, 1.165) is 17.5 Å². The average Bonchev–Trinajstić information content (AvgIpc) is 3.04. The zero-order valence-electron chi connectivity index (χ0n) is 17.3. The van der Waals surface area contributed by atoms with Gasteiger partial charge in [-0.25, -0.2) is 18.7 Å². The molecule has 2 atom stereocenters. The van der Waals surface area contributed by atoms with Crippen LogP contribution in [0.4, 0.5) is 31.8 Å². The van der Waals surface area contributed by atoms with E-state index in [1.54, 1.807) is 31.2 Å². The van der Waals surface area contributed by atoms with Crippen molar-refractivity contribution in [2.45, 2.75) is 39.2 Å². The molecule has 0 aliphatic carbocycles. The van der Waals surface area contributed by atoms with Crippen LogP contribution in [0, 0.1) is 25.5 Å². The summed E-state index contributed by atoms with van der Waals surface area (Å²) in [6.45, 7) is 6.56. The molecule has 1 aliphatic heterocycles. The lowest BCUT2D eigenvalue weighted by Gasteiger charge is -2.18. The predicted octanol–water partition coefficient (Wildman–Crippen LogP) is 5.52. The summed E-state index contributed by atoms with van der Waals surface area (Å²) in [4.78, 5) is 8.76. The number of benzene rings is 2. The highest BCUT2D eigenvalue weighted by molar-refractivity contribution is 5.63. The molecule has 0 fully saturated rings. The average molecular weight is 409 g/mol. The molecule has 1 aliphatic rings. The number of anilines is 4. The number of aromatic nitrogens is 2. The molecule has 0 saturated carbocycles. The Balaban J connectivity index is 1.45. The van der Waals surface area contributed by atoms with Gasteiger partial charge < -0.3 is 16.0 Å². The van der Waals surface area contributed by atoms with Crippen LogP contribution in [0.2, 0.25) is 0 Å². The fraction of sp³-hybridized carbons (Fsp3) is 0.304. The van der Waals surface area contributed by atoms with Crippen molar-refractivity contribution in [1.29, 1.82) is 0 Å². The molecule has 2 unspecified atom stereocenters. The number of nitrogens with one attached hydrogen (secondary N) is 3. The minimum atomic E-state index is -0.340. The third-order valence-electron chi connectivity index (χ3n) is 5.50. The van der Waals surface area contributed by atoms with Crippen LogP contribution in [-0.2, 0) is 0 Å². The van der Waals surface area contributed by atoms with Gasteiger partial charge in [-0.2, -0.15) is 0 Å². The summed E-state index contributed by atoms with van der Waals surface area (Å²) >= 11 is 0. The molecule has 3 N–H and O–H groups in total. The smallest absolute Gasteiger partial charge is 0.146 e. The molecule has 4 rings (SSSR count). The number of hydrogen-bond acceptors (Lipinski definition) is 5. The SMILES string of the molecule is Cc1nc(NCCC2c3c(C)ccc(F)c3NC2C)cc(Nc2ccccc2F)n1. The second kappa shape index (κ2) is 8.26. The predicted molar refractivity (Wildman–Crippen MR) is 117 cm³/mol. The van der Waals surface area contributed by atoms with E-state index in [1.165, 1.54) is 12.1 Å².